The number of nitrogens with one attached hydrogen (secondary N) is 1. The van der Waals surface area contributed by atoms with E-state index in [1.54, 1.807) is 23.1 Å². The first kappa shape index (κ1) is 10.6. The molecule has 3 heterocycles. The molecule has 6 nitrogen and oxygen atoms in total. The smallest absolute Gasteiger partial charge is 0.157 e. The maximum Gasteiger partial charge on any atom is 0.157 e. The average molecular weight is 240 g/mol. The molecule has 6 heteroatoms. The second-order valence-electron chi connectivity index (χ2n) is 3.95. The molecule has 0 aliphatic heterocycles. The molecule has 0 unspecified atom stereocenters. The zero-order chi connectivity index (χ0) is 12.4. The Labute approximate surface area is 104 Å². The number of nitrogens with zero attached hydrogens (tertiary/aromatic N) is 5. The van der Waals surface area contributed by atoms with Gasteiger partial charge in [0.2, 0.25) is 0 Å². The molecular formula is C12H12N6. The third-order valence-electron chi connectivity index (χ3n) is 2.54. The molecule has 0 spiro atoms. The molecule has 0 fully saturated rings. The van der Waals surface area contributed by atoms with Crippen LogP contribution in [0.15, 0.2) is 36.9 Å². The Hall–Kier alpha value is -2.50. The maximum absolute atomic E-state index is 4.41. The van der Waals surface area contributed by atoms with Gasteiger partial charge in [0.05, 0.1) is 30.3 Å². The number of hydrogen-bond donors (Lipinski definition) is 1. The van der Waals surface area contributed by atoms with Gasteiger partial charge < -0.3 is 5.32 Å². The molecule has 3 aromatic heterocycles. The maximum atomic E-state index is 4.41. The van der Waals surface area contributed by atoms with Crippen molar-refractivity contribution in [2.24, 2.45) is 0 Å². The fourth-order valence-corrected chi connectivity index (χ4v) is 1.60. The van der Waals surface area contributed by atoms with E-state index >= 15 is 0 Å². The SMILES string of the molecule is Cc1cnc(CNc2ccn3nccc3n2)cn1. The van der Waals surface area contributed by atoms with Crippen LogP contribution in [-0.4, -0.2) is 24.6 Å². The second-order valence-corrected chi connectivity index (χ2v) is 3.95. The highest BCUT2D eigenvalue weighted by atomic mass is 15.2. The summed E-state index contributed by atoms with van der Waals surface area (Å²) < 4.78 is 1.72. The zero-order valence-corrected chi connectivity index (χ0v) is 9.91. The Morgan fingerprint density at radius 1 is 1.22 bits per heavy atom. The van der Waals surface area contributed by atoms with Crippen LogP contribution in [0, 0.1) is 6.92 Å². The van der Waals surface area contributed by atoms with Crippen molar-refractivity contribution in [1.82, 2.24) is 24.6 Å². The summed E-state index contributed by atoms with van der Waals surface area (Å²) in [6, 6.07) is 3.73. The van der Waals surface area contributed by atoms with Gasteiger partial charge in [-0.25, -0.2) is 9.50 Å². The second kappa shape index (κ2) is 4.40. The van der Waals surface area contributed by atoms with E-state index in [1.165, 1.54) is 0 Å². The van der Waals surface area contributed by atoms with Crippen molar-refractivity contribution in [1.29, 1.82) is 0 Å². The van der Waals surface area contributed by atoms with Crippen molar-refractivity contribution in [3.63, 3.8) is 0 Å². The van der Waals surface area contributed by atoms with Gasteiger partial charge in [-0.2, -0.15) is 5.10 Å². The predicted molar refractivity (Wildman–Crippen MR) is 67.1 cm³/mol. The molecule has 0 radical (unpaired) electrons. The van der Waals surface area contributed by atoms with Gasteiger partial charge in [-0.15, -0.1) is 0 Å². The van der Waals surface area contributed by atoms with E-state index in [1.807, 2.05) is 25.3 Å². The normalized spacial score (nSPS) is 10.7. The van der Waals surface area contributed by atoms with E-state index in [4.69, 9.17) is 0 Å². The first-order chi connectivity index (χ1) is 8.81. The van der Waals surface area contributed by atoms with Crippen molar-refractivity contribution in [3.05, 3.63) is 48.3 Å². The summed E-state index contributed by atoms with van der Waals surface area (Å²) in [7, 11) is 0. The third-order valence-corrected chi connectivity index (χ3v) is 2.54. The van der Waals surface area contributed by atoms with Gasteiger partial charge in [0.1, 0.15) is 5.82 Å². The zero-order valence-electron chi connectivity index (χ0n) is 9.91. The summed E-state index contributed by atoms with van der Waals surface area (Å²) in [5.41, 5.74) is 2.61. The van der Waals surface area contributed by atoms with Gasteiger partial charge in [-0.3, -0.25) is 9.97 Å². The van der Waals surface area contributed by atoms with Crippen LogP contribution < -0.4 is 5.32 Å². The first-order valence-corrected chi connectivity index (χ1v) is 5.63. The predicted octanol–water partition coefficient (Wildman–Crippen LogP) is 1.44. The lowest BCUT2D eigenvalue weighted by molar-refractivity contribution is 0.930. The van der Waals surface area contributed by atoms with E-state index in [2.05, 4.69) is 25.4 Å². The average Bonchev–Trinajstić information content (AvgIpc) is 2.85. The van der Waals surface area contributed by atoms with Crippen molar-refractivity contribution < 1.29 is 0 Å². The highest BCUT2D eigenvalue weighted by molar-refractivity contribution is 5.45. The van der Waals surface area contributed by atoms with Gasteiger partial charge >= 0.3 is 0 Å². The van der Waals surface area contributed by atoms with Crippen molar-refractivity contribution in [2.75, 3.05) is 5.32 Å². The van der Waals surface area contributed by atoms with Gasteiger partial charge in [0, 0.05) is 18.5 Å². The lowest BCUT2D eigenvalue weighted by Crippen LogP contribution is -2.04. The molecule has 0 aromatic carbocycles. The van der Waals surface area contributed by atoms with Crippen molar-refractivity contribution >= 4 is 11.5 Å². The minimum absolute atomic E-state index is 0.602. The van der Waals surface area contributed by atoms with Crippen LogP contribution >= 0.6 is 0 Å². The lowest BCUT2D eigenvalue weighted by atomic mass is 10.4. The number of rotatable bonds is 3. The minimum Gasteiger partial charge on any atom is -0.364 e. The van der Waals surface area contributed by atoms with Gasteiger partial charge in [0.25, 0.3) is 0 Å². The standard InChI is InChI=1S/C12H12N6/c1-9-6-14-10(7-13-9)8-15-11-3-5-18-12(17-11)2-4-16-18/h2-7H,8H2,1H3,(H,15,17). The van der Waals surface area contributed by atoms with Crippen molar-refractivity contribution in [3.8, 4) is 0 Å². The highest BCUT2D eigenvalue weighted by Crippen LogP contribution is 2.07. The fraction of sp³-hybridized carbons (Fsp3) is 0.167. The molecule has 90 valence electrons. The monoisotopic (exact) mass is 240 g/mol. The topological polar surface area (TPSA) is 68.0 Å². The third kappa shape index (κ3) is 2.13. The molecule has 18 heavy (non-hydrogen) atoms. The summed E-state index contributed by atoms with van der Waals surface area (Å²) >= 11 is 0. The van der Waals surface area contributed by atoms with Gasteiger partial charge in [0.15, 0.2) is 5.65 Å². The van der Waals surface area contributed by atoms with Gasteiger partial charge in [-0.05, 0) is 13.0 Å². The van der Waals surface area contributed by atoms with Crippen LogP contribution in [-0.2, 0) is 6.54 Å². The van der Waals surface area contributed by atoms with Crippen molar-refractivity contribution in [2.45, 2.75) is 13.5 Å². The molecule has 3 rings (SSSR count). The molecular weight excluding hydrogens is 228 g/mol. The first-order valence-electron chi connectivity index (χ1n) is 5.63. The Morgan fingerprint density at radius 3 is 3.00 bits per heavy atom. The van der Waals surface area contributed by atoms with Gasteiger partial charge in [-0.1, -0.05) is 0 Å². The van der Waals surface area contributed by atoms with E-state index in [9.17, 15) is 0 Å². The van der Waals surface area contributed by atoms with E-state index in [-0.39, 0.29) is 0 Å². The fourth-order valence-electron chi connectivity index (χ4n) is 1.60. The van der Waals surface area contributed by atoms with Crippen LogP contribution in [0.5, 0.6) is 0 Å². The van der Waals surface area contributed by atoms with Crippen LogP contribution in [0.25, 0.3) is 5.65 Å². The minimum atomic E-state index is 0.602. The number of anilines is 1. The Bertz CT molecular complexity index is 658. The molecule has 0 amide bonds. The molecule has 0 aliphatic rings. The molecule has 0 saturated carbocycles. The summed E-state index contributed by atoms with van der Waals surface area (Å²) in [5.74, 6) is 0.797. The largest absolute Gasteiger partial charge is 0.364 e. The number of hydrogen-bond acceptors (Lipinski definition) is 5. The lowest BCUT2D eigenvalue weighted by Gasteiger charge is -2.05. The van der Waals surface area contributed by atoms with Crippen LogP contribution in [0.2, 0.25) is 0 Å². The molecule has 3 aromatic rings. The Morgan fingerprint density at radius 2 is 2.17 bits per heavy atom. The van der Waals surface area contributed by atoms with Crippen LogP contribution in [0.4, 0.5) is 5.82 Å². The highest BCUT2D eigenvalue weighted by Gasteiger charge is 1.99. The Kier molecular flexibility index (Phi) is 2.60. The number of aromatic nitrogens is 5. The quantitative estimate of drug-likeness (QED) is 0.750. The van der Waals surface area contributed by atoms with E-state index in [0.717, 1.165) is 22.9 Å². The molecule has 0 aliphatic carbocycles. The Balaban J connectivity index is 1.74. The molecule has 0 atom stereocenters. The molecule has 0 bridgehead atoms. The summed E-state index contributed by atoms with van der Waals surface area (Å²) in [6.45, 7) is 2.52. The summed E-state index contributed by atoms with van der Waals surface area (Å²) in [6.07, 6.45) is 7.10. The molecule has 0 saturated heterocycles. The van der Waals surface area contributed by atoms with E-state index in [0.29, 0.717) is 6.54 Å². The van der Waals surface area contributed by atoms with Crippen LogP contribution in [0.3, 0.4) is 0 Å². The number of fused-ring (bicyclic) bond motifs is 1. The molecule has 1 N–H and O–H groups in total. The van der Waals surface area contributed by atoms with Crippen LogP contribution in [0.1, 0.15) is 11.4 Å². The van der Waals surface area contributed by atoms with E-state index < -0.39 is 0 Å². The summed E-state index contributed by atoms with van der Waals surface area (Å²) in [4.78, 5) is 12.9. The summed E-state index contributed by atoms with van der Waals surface area (Å²) in [5, 5.41) is 7.30. The number of aryl methyl sites for hydroxylation is 1.